The minimum Gasteiger partial charge on any atom is -0.497 e. The minimum absolute atomic E-state index is 0.0950. The molecule has 4 heteroatoms. The molecule has 0 heterocycles. The van der Waals surface area contributed by atoms with Gasteiger partial charge in [-0.3, -0.25) is 4.79 Å². The van der Waals surface area contributed by atoms with Gasteiger partial charge in [-0.1, -0.05) is 12.1 Å². The van der Waals surface area contributed by atoms with Crippen LogP contribution in [0.2, 0.25) is 0 Å². The van der Waals surface area contributed by atoms with Gasteiger partial charge in [0.15, 0.2) is 0 Å². The number of methoxy groups -OCH3 is 1. The number of carbonyl (C=O) groups is 1. The van der Waals surface area contributed by atoms with Crippen molar-refractivity contribution in [3.8, 4) is 5.75 Å². The maximum atomic E-state index is 11.9. The second kappa shape index (κ2) is 7.01. The molecule has 0 saturated heterocycles. The van der Waals surface area contributed by atoms with Crippen LogP contribution in [-0.2, 0) is 11.3 Å². The highest BCUT2D eigenvalue weighted by Crippen LogP contribution is 2.13. The molecular weight excluding hydrogens is 228 g/mol. The second-order valence-electron chi connectivity index (χ2n) is 4.44. The Hall–Kier alpha value is -1.55. The molecule has 0 spiro atoms. The van der Waals surface area contributed by atoms with Crippen molar-refractivity contribution in [1.82, 2.24) is 4.90 Å². The minimum atomic E-state index is -0.0950. The summed E-state index contributed by atoms with van der Waals surface area (Å²) in [6.07, 6.45) is 0.393. The van der Waals surface area contributed by atoms with Crippen LogP contribution in [0.15, 0.2) is 24.3 Å². The van der Waals surface area contributed by atoms with Crippen molar-refractivity contribution in [2.24, 2.45) is 5.73 Å². The fourth-order valence-corrected chi connectivity index (χ4v) is 1.73. The van der Waals surface area contributed by atoms with Crippen LogP contribution in [0, 0.1) is 0 Å². The maximum absolute atomic E-state index is 11.9. The largest absolute Gasteiger partial charge is 0.497 e. The molecule has 0 saturated carbocycles. The van der Waals surface area contributed by atoms with Crippen LogP contribution in [0.4, 0.5) is 0 Å². The van der Waals surface area contributed by atoms with Gasteiger partial charge in [-0.15, -0.1) is 0 Å². The normalized spacial score (nSPS) is 12.0. The van der Waals surface area contributed by atoms with Gasteiger partial charge < -0.3 is 15.4 Å². The Morgan fingerprint density at radius 3 is 2.44 bits per heavy atom. The zero-order chi connectivity index (χ0) is 13.5. The van der Waals surface area contributed by atoms with Crippen LogP contribution < -0.4 is 10.5 Å². The first kappa shape index (κ1) is 14.5. The molecule has 2 N–H and O–H groups in total. The van der Waals surface area contributed by atoms with E-state index in [9.17, 15) is 4.79 Å². The molecule has 1 rings (SSSR count). The molecule has 0 bridgehead atoms. The summed E-state index contributed by atoms with van der Waals surface area (Å²) in [4.78, 5) is 13.7. The zero-order valence-electron chi connectivity index (χ0n) is 11.3. The number of rotatable bonds is 6. The Kier molecular flexibility index (Phi) is 5.65. The lowest BCUT2D eigenvalue weighted by atomic mass is 10.1. The van der Waals surface area contributed by atoms with E-state index < -0.39 is 0 Å². The van der Waals surface area contributed by atoms with Crippen LogP contribution in [0.3, 0.4) is 0 Å². The SMILES string of the molecule is CCN(Cc1ccc(OC)cc1)C(=O)CC(C)N. The van der Waals surface area contributed by atoms with Crippen LogP contribution in [0.25, 0.3) is 0 Å². The number of hydrogen-bond donors (Lipinski definition) is 1. The van der Waals surface area contributed by atoms with E-state index >= 15 is 0 Å². The van der Waals surface area contributed by atoms with Gasteiger partial charge in [0.25, 0.3) is 0 Å². The van der Waals surface area contributed by atoms with Gasteiger partial charge in [0, 0.05) is 25.6 Å². The fraction of sp³-hybridized carbons (Fsp3) is 0.500. The van der Waals surface area contributed by atoms with E-state index in [-0.39, 0.29) is 11.9 Å². The van der Waals surface area contributed by atoms with E-state index in [1.807, 2.05) is 43.0 Å². The third kappa shape index (κ3) is 4.37. The molecule has 0 radical (unpaired) electrons. The summed E-state index contributed by atoms with van der Waals surface area (Å²) in [5.74, 6) is 0.923. The molecule has 4 nitrogen and oxygen atoms in total. The number of ether oxygens (including phenoxy) is 1. The van der Waals surface area contributed by atoms with Crippen molar-refractivity contribution >= 4 is 5.91 Å². The van der Waals surface area contributed by atoms with Gasteiger partial charge in [0.2, 0.25) is 5.91 Å². The molecule has 0 fully saturated rings. The van der Waals surface area contributed by atoms with Crippen LogP contribution in [-0.4, -0.2) is 30.5 Å². The van der Waals surface area contributed by atoms with Crippen LogP contribution in [0.5, 0.6) is 5.75 Å². The van der Waals surface area contributed by atoms with Crippen molar-refractivity contribution in [2.75, 3.05) is 13.7 Å². The third-order valence-corrected chi connectivity index (χ3v) is 2.76. The van der Waals surface area contributed by atoms with E-state index in [2.05, 4.69) is 0 Å². The number of benzene rings is 1. The number of hydrogen-bond acceptors (Lipinski definition) is 3. The average Bonchev–Trinajstić information content (AvgIpc) is 2.35. The molecule has 1 atom stereocenters. The predicted molar refractivity (Wildman–Crippen MR) is 72.4 cm³/mol. The number of carbonyl (C=O) groups excluding carboxylic acids is 1. The Bertz CT molecular complexity index is 374. The van der Waals surface area contributed by atoms with E-state index in [1.54, 1.807) is 7.11 Å². The Balaban J connectivity index is 2.64. The maximum Gasteiger partial charge on any atom is 0.224 e. The lowest BCUT2D eigenvalue weighted by molar-refractivity contribution is -0.131. The quantitative estimate of drug-likeness (QED) is 0.837. The number of nitrogens with zero attached hydrogens (tertiary/aromatic N) is 1. The van der Waals surface area contributed by atoms with E-state index in [0.717, 1.165) is 11.3 Å². The highest BCUT2D eigenvalue weighted by molar-refractivity contribution is 5.76. The van der Waals surface area contributed by atoms with Crippen molar-refractivity contribution < 1.29 is 9.53 Å². The molecule has 0 aliphatic carbocycles. The van der Waals surface area contributed by atoms with Gasteiger partial charge in [-0.25, -0.2) is 0 Å². The van der Waals surface area contributed by atoms with Crippen molar-refractivity contribution in [3.05, 3.63) is 29.8 Å². The van der Waals surface area contributed by atoms with Gasteiger partial charge in [0.1, 0.15) is 5.75 Å². The summed E-state index contributed by atoms with van der Waals surface area (Å²) < 4.78 is 5.10. The molecule has 0 aliphatic rings. The highest BCUT2D eigenvalue weighted by atomic mass is 16.5. The smallest absolute Gasteiger partial charge is 0.224 e. The average molecular weight is 250 g/mol. The summed E-state index contributed by atoms with van der Waals surface area (Å²) in [6.45, 7) is 5.13. The van der Waals surface area contributed by atoms with Gasteiger partial charge in [-0.05, 0) is 31.5 Å². The molecule has 1 aromatic carbocycles. The molecule has 100 valence electrons. The zero-order valence-corrected chi connectivity index (χ0v) is 11.3. The number of amides is 1. The highest BCUT2D eigenvalue weighted by Gasteiger charge is 2.13. The van der Waals surface area contributed by atoms with Crippen molar-refractivity contribution in [2.45, 2.75) is 32.9 Å². The molecule has 0 aliphatic heterocycles. The predicted octanol–water partition coefficient (Wildman–Crippen LogP) is 1.78. The summed E-state index contributed by atoms with van der Waals surface area (Å²) in [5, 5.41) is 0. The first-order valence-electron chi connectivity index (χ1n) is 6.23. The van der Waals surface area contributed by atoms with E-state index in [1.165, 1.54) is 0 Å². The standard InChI is InChI=1S/C14H22N2O2/c1-4-16(14(17)9-11(2)15)10-12-5-7-13(18-3)8-6-12/h5-8,11H,4,9-10,15H2,1-3H3. The summed E-state index contributed by atoms with van der Waals surface area (Å²) in [5.41, 5.74) is 6.75. The third-order valence-electron chi connectivity index (χ3n) is 2.76. The van der Waals surface area contributed by atoms with Gasteiger partial charge in [0.05, 0.1) is 7.11 Å². The first-order chi connectivity index (χ1) is 8.56. The lowest BCUT2D eigenvalue weighted by Gasteiger charge is -2.22. The van der Waals surface area contributed by atoms with Crippen LogP contribution in [0.1, 0.15) is 25.8 Å². The Morgan fingerprint density at radius 2 is 2.00 bits per heavy atom. The topological polar surface area (TPSA) is 55.6 Å². The molecule has 1 amide bonds. The van der Waals surface area contributed by atoms with Gasteiger partial charge >= 0.3 is 0 Å². The number of nitrogens with two attached hydrogens (primary N) is 1. The summed E-state index contributed by atoms with van der Waals surface area (Å²) in [7, 11) is 1.64. The first-order valence-corrected chi connectivity index (χ1v) is 6.23. The molecular formula is C14H22N2O2. The summed E-state index contributed by atoms with van der Waals surface area (Å²) >= 11 is 0. The van der Waals surface area contributed by atoms with E-state index in [4.69, 9.17) is 10.5 Å². The van der Waals surface area contributed by atoms with Crippen molar-refractivity contribution in [1.29, 1.82) is 0 Å². The van der Waals surface area contributed by atoms with Crippen molar-refractivity contribution in [3.63, 3.8) is 0 Å². The van der Waals surface area contributed by atoms with Crippen LogP contribution >= 0.6 is 0 Å². The molecule has 1 unspecified atom stereocenters. The monoisotopic (exact) mass is 250 g/mol. The Morgan fingerprint density at radius 1 is 1.39 bits per heavy atom. The molecule has 1 aromatic rings. The Labute approximate surface area is 109 Å². The second-order valence-corrected chi connectivity index (χ2v) is 4.44. The summed E-state index contributed by atoms with van der Waals surface area (Å²) in [6, 6.07) is 7.65. The molecule has 18 heavy (non-hydrogen) atoms. The molecule has 0 aromatic heterocycles. The van der Waals surface area contributed by atoms with Gasteiger partial charge in [-0.2, -0.15) is 0 Å². The fourth-order valence-electron chi connectivity index (χ4n) is 1.73. The lowest BCUT2D eigenvalue weighted by Crippen LogP contribution is -2.34. The van der Waals surface area contributed by atoms with E-state index in [0.29, 0.717) is 19.5 Å².